The van der Waals surface area contributed by atoms with Gasteiger partial charge >= 0.3 is 0 Å². The van der Waals surface area contributed by atoms with Crippen LogP contribution in [-0.4, -0.2) is 41.4 Å². The van der Waals surface area contributed by atoms with Crippen molar-refractivity contribution in [2.75, 3.05) is 16.8 Å². The number of rotatable bonds is 5. The van der Waals surface area contributed by atoms with E-state index in [1.54, 1.807) is 24.3 Å². The summed E-state index contributed by atoms with van der Waals surface area (Å²) in [5, 5.41) is 11.8. The van der Waals surface area contributed by atoms with E-state index in [0.717, 1.165) is 16.9 Å². The lowest BCUT2D eigenvalue weighted by Crippen LogP contribution is -2.43. The van der Waals surface area contributed by atoms with Gasteiger partial charge in [-0.2, -0.15) is 5.11 Å². The average Bonchev–Trinajstić information content (AvgIpc) is 3.22. The smallest absolute Gasteiger partial charge is 0.263 e. The standard InChI is InChI=1S/C20H19N5O3/c1-2-13-8-10-15(11-9-13)25-19(27)17-18(20(25)28)24(23-22-17)12-16(26)21-14-6-4-3-5-7-14/h3-11,17-18H,2,12H2,1H3,(H,21,26). The van der Waals surface area contributed by atoms with Crippen molar-refractivity contribution >= 4 is 29.1 Å². The van der Waals surface area contributed by atoms with Crippen molar-refractivity contribution in [3.05, 3.63) is 60.2 Å². The Morgan fingerprint density at radius 3 is 2.43 bits per heavy atom. The molecular weight excluding hydrogens is 358 g/mol. The first-order valence-electron chi connectivity index (χ1n) is 9.07. The van der Waals surface area contributed by atoms with Gasteiger partial charge in [0.2, 0.25) is 5.91 Å². The van der Waals surface area contributed by atoms with Crippen molar-refractivity contribution in [3.63, 3.8) is 0 Å². The summed E-state index contributed by atoms with van der Waals surface area (Å²) >= 11 is 0. The number of imide groups is 1. The van der Waals surface area contributed by atoms with Crippen LogP contribution in [0.15, 0.2) is 64.9 Å². The predicted octanol–water partition coefficient (Wildman–Crippen LogP) is 2.18. The van der Waals surface area contributed by atoms with Crippen molar-refractivity contribution in [2.24, 2.45) is 10.3 Å². The fourth-order valence-electron chi connectivity index (χ4n) is 3.36. The Balaban J connectivity index is 1.48. The minimum absolute atomic E-state index is 0.165. The van der Waals surface area contributed by atoms with Gasteiger partial charge in [0.05, 0.1) is 5.69 Å². The summed E-state index contributed by atoms with van der Waals surface area (Å²) in [5.74, 6) is -1.18. The Hall–Kier alpha value is -3.55. The third-order valence-electron chi connectivity index (χ3n) is 4.82. The predicted molar refractivity (Wildman–Crippen MR) is 103 cm³/mol. The number of benzene rings is 2. The number of carbonyl (C=O) groups is 3. The molecule has 4 rings (SSSR count). The van der Waals surface area contributed by atoms with Crippen LogP contribution in [0.3, 0.4) is 0 Å². The molecule has 2 aromatic carbocycles. The number of nitrogens with one attached hydrogen (secondary N) is 1. The van der Waals surface area contributed by atoms with E-state index >= 15 is 0 Å². The van der Waals surface area contributed by atoms with Crippen molar-refractivity contribution in [3.8, 4) is 0 Å². The van der Waals surface area contributed by atoms with Crippen molar-refractivity contribution < 1.29 is 14.4 Å². The topological polar surface area (TPSA) is 94.4 Å². The normalized spacial score (nSPS) is 20.6. The highest BCUT2D eigenvalue weighted by molar-refractivity contribution is 6.25. The lowest BCUT2D eigenvalue weighted by molar-refractivity contribution is -0.123. The summed E-state index contributed by atoms with van der Waals surface area (Å²) in [7, 11) is 0. The Bertz CT molecular complexity index is 942. The van der Waals surface area contributed by atoms with Crippen LogP contribution >= 0.6 is 0 Å². The van der Waals surface area contributed by atoms with Gasteiger partial charge in [0.25, 0.3) is 11.8 Å². The van der Waals surface area contributed by atoms with Gasteiger partial charge in [-0.3, -0.25) is 19.4 Å². The molecule has 2 heterocycles. The number of fused-ring (bicyclic) bond motifs is 1. The molecule has 2 aliphatic heterocycles. The second kappa shape index (κ2) is 7.22. The molecule has 8 heteroatoms. The van der Waals surface area contributed by atoms with Crippen LogP contribution in [0, 0.1) is 0 Å². The maximum atomic E-state index is 12.9. The SMILES string of the molecule is CCc1ccc(N2C(=O)C3N=NN(CC(=O)Nc4ccccc4)C3C2=O)cc1. The first-order valence-corrected chi connectivity index (χ1v) is 9.07. The molecule has 0 bridgehead atoms. The number of carbonyl (C=O) groups excluding carboxylic acids is 3. The summed E-state index contributed by atoms with van der Waals surface area (Å²) < 4.78 is 0. The van der Waals surface area contributed by atoms with E-state index in [0.29, 0.717) is 11.4 Å². The number of nitrogens with zero attached hydrogens (tertiary/aromatic N) is 4. The molecule has 28 heavy (non-hydrogen) atoms. The molecule has 142 valence electrons. The molecule has 0 aliphatic carbocycles. The monoisotopic (exact) mass is 377 g/mol. The summed E-state index contributed by atoms with van der Waals surface area (Å²) in [5.41, 5.74) is 2.26. The maximum Gasteiger partial charge on any atom is 0.263 e. The van der Waals surface area contributed by atoms with E-state index in [9.17, 15) is 14.4 Å². The molecule has 2 aliphatic rings. The highest BCUT2D eigenvalue weighted by Gasteiger charge is 2.55. The van der Waals surface area contributed by atoms with E-state index in [1.807, 2.05) is 37.3 Å². The molecule has 0 saturated carbocycles. The Kier molecular flexibility index (Phi) is 4.60. The fourth-order valence-corrected chi connectivity index (χ4v) is 3.36. The van der Waals surface area contributed by atoms with Gasteiger partial charge in [-0.05, 0) is 36.2 Å². The Morgan fingerprint density at radius 1 is 1.04 bits per heavy atom. The van der Waals surface area contributed by atoms with Crippen LogP contribution in [0.2, 0.25) is 0 Å². The van der Waals surface area contributed by atoms with E-state index in [2.05, 4.69) is 15.7 Å². The number of amides is 3. The number of hydrogen-bond donors (Lipinski definition) is 1. The average molecular weight is 377 g/mol. The Morgan fingerprint density at radius 2 is 1.75 bits per heavy atom. The highest BCUT2D eigenvalue weighted by Crippen LogP contribution is 2.31. The second-order valence-electron chi connectivity index (χ2n) is 6.64. The molecule has 8 nitrogen and oxygen atoms in total. The number of anilines is 2. The largest absolute Gasteiger partial charge is 0.324 e. The van der Waals surface area contributed by atoms with E-state index in [-0.39, 0.29) is 12.5 Å². The van der Waals surface area contributed by atoms with Crippen LogP contribution < -0.4 is 10.2 Å². The van der Waals surface area contributed by atoms with Crippen molar-refractivity contribution in [1.82, 2.24) is 5.01 Å². The van der Waals surface area contributed by atoms with Crippen LogP contribution in [0.1, 0.15) is 12.5 Å². The molecule has 1 saturated heterocycles. The molecule has 2 atom stereocenters. The maximum absolute atomic E-state index is 12.9. The zero-order valence-corrected chi connectivity index (χ0v) is 15.3. The minimum atomic E-state index is -0.914. The quantitative estimate of drug-likeness (QED) is 0.808. The molecular formula is C20H19N5O3. The van der Waals surface area contributed by atoms with Gasteiger partial charge in [0.15, 0.2) is 12.1 Å². The van der Waals surface area contributed by atoms with Crippen LogP contribution in [0.25, 0.3) is 0 Å². The molecule has 1 N–H and O–H groups in total. The third-order valence-corrected chi connectivity index (χ3v) is 4.82. The second-order valence-corrected chi connectivity index (χ2v) is 6.64. The van der Waals surface area contributed by atoms with Gasteiger partial charge in [-0.25, -0.2) is 4.90 Å². The first kappa shape index (κ1) is 17.8. The molecule has 3 amide bonds. The molecule has 0 aromatic heterocycles. The first-order chi connectivity index (χ1) is 13.6. The molecule has 2 unspecified atom stereocenters. The van der Waals surface area contributed by atoms with Crippen LogP contribution in [0.4, 0.5) is 11.4 Å². The summed E-state index contributed by atoms with van der Waals surface area (Å²) in [4.78, 5) is 39.0. The summed E-state index contributed by atoms with van der Waals surface area (Å²) in [6.07, 6.45) is 0.867. The minimum Gasteiger partial charge on any atom is -0.324 e. The number of para-hydroxylation sites is 1. The van der Waals surface area contributed by atoms with Gasteiger partial charge in [0, 0.05) is 5.69 Å². The van der Waals surface area contributed by atoms with E-state index < -0.39 is 23.9 Å². The van der Waals surface area contributed by atoms with Gasteiger partial charge in [0.1, 0.15) is 6.54 Å². The van der Waals surface area contributed by atoms with Crippen LogP contribution in [-0.2, 0) is 20.8 Å². The van der Waals surface area contributed by atoms with Gasteiger partial charge in [-0.15, -0.1) is 0 Å². The van der Waals surface area contributed by atoms with Crippen molar-refractivity contribution in [1.29, 1.82) is 0 Å². The molecule has 1 fully saturated rings. The molecule has 0 spiro atoms. The lowest BCUT2D eigenvalue weighted by Gasteiger charge is -2.20. The zero-order chi connectivity index (χ0) is 19.7. The van der Waals surface area contributed by atoms with Crippen LogP contribution in [0.5, 0.6) is 0 Å². The number of hydrogen-bond acceptors (Lipinski definition) is 6. The van der Waals surface area contributed by atoms with Gasteiger partial charge < -0.3 is 5.32 Å². The highest BCUT2D eigenvalue weighted by atomic mass is 16.2. The lowest BCUT2D eigenvalue weighted by atomic mass is 10.1. The fraction of sp³-hybridized carbons (Fsp3) is 0.250. The molecule has 0 radical (unpaired) electrons. The third kappa shape index (κ3) is 3.13. The van der Waals surface area contributed by atoms with E-state index in [1.165, 1.54) is 5.01 Å². The van der Waals surface area contributed by atoms with E-state index in [4.69, 9.17) is 0 Å². The van der Waals surface area contributed by atoms with Crippen molar-refractivity contribution in [2.45, 2.75) is 25.4 Å². The zero-order valence-electron chi connectivity index (χ0n) is 15.3. The molecule has 2 aromatic rings. The Labute approximate surface area is 161 Å². The number of aryl methyl sites for hydroxylation is 1. The van der Waals surface area contributed by atoms with Gasteiger partial charge in [-0.1, -0.05) is 42.5 Å². The summed E-state index contributed by atoms with van der Waals surface area (Å²) in [6.45, 7) is 1.87. The summed E-state index contributed by atoms with van der Waals surface area (Å²) in [6, 6.07) is 14.5.